The highest BCUT2D eigenvalue weighted by Gasteiger charge is 2.14. The number of anilines is 2. The van der Waals surface area contributed by atoms with E-state index >= 15 is 0 Å². The molecule has 0 unspecified atom stereocenters. The minimum absolute atomic E-state index is 0.362. The maximum absolute atomic E-state index is 13.4. The van der Waals surface area contributed by atoms with Crippen LogP contribution < -0.4 is 10.1 Å². The largest absolute Gasteiger partial charge is 0.494 e. The minimum Gasteiger partial charge on any atom is -0.494 e. The molecule has 0 saturated heterocycles. The lowest BCUT2D eigenvalue weighted by atomic mass is 10.0. The third-order valence-corrected chi connectivity index (χ3v) is 4.66. The van der Waals surface area contributed by atoms with Gasteiger partial charge in [-0.2, -0.15) is 5.10 Å². The molecule has 154 valence electrons. The number of aromatic nitrogens is 3. The Hall–Kier alpha value is -3.45. The molecular formula is C23H23FN4O2. The van der Waals surface area contributed by atoms with Crippen LogP contribution in [-0.4, -0.2) is 32.6 Å². The van der Waals surface area contributed by atoms with Crippen LogP contribution in [0.3, 0.4) is 0 Å². The predicted molar refractivity (Wildman–Crippen MR) is 115 cm³/mol. The normalized spacial score (nSPS) is 11.6. The number of fused-ring (bicyclic) bond motifs is 1. The lowest BCUT2D eigenvalue weighted by Crippen LogP contribution is -2.26. The maximum atomic E-state index is 13.4. The smallest absolute Gasteiger partial charge is 0.145 e. The Labute approximate surface area is 174 Å². The first kappa shape index (κ1) is 19.8. The van der Waals surface area contributed by atoms with Gasteiger partial charge in [-0.3, -0.25) is 4.68 Å². The second kappa shape index (κ2) is 7.76. The Morgan fingerprint density at radius 3 is 2.67 bits per heavy atom. The molecule has 0 amide bonds. The van der Waals surface area contributed by atoms with Crippen LogP contribution in [0.1, 0.15) is 13.8 Å². The fourth-order valence-corrected chi connectivity index (χ4v) is 3.29. The van der Waals surface area contributed by atoms with Crippen LogP contribution in [0.25, 0.3) is 21.9 Å². The minimum atomic E-state index is -0.833. The average Bonchev–Trinajstić information content (AvgIpc) is 3.15. The Bertz CT molecular complexity index is 1200. The number of benzene rings is 2. The number of nitrogens with one attached hydrogen (secondary N) is 1. The van der Waals surface area contributed by atoms with Crippen LogP contribution in [0, 0.1) is 5.82 Å². The standard InChI is InChI=1S/C23H23FN4O2/c1-23(2,29)14-28-13-18(12-26-28)15-4-5-16-11-25-22(9-17(16)8-15)27-20-7-6-19(24)10-21(20)30-3/h4-13,29H,14H2,1-3H3,(H,25,27). The molecule has 2 heterocycles. The van der Waals surface area contributed by atoms with E-state index in [-0.39, 0.29) is 5.82 Å². The summed E-state index contributed by atoms with van der Waals surface area (Å²) >= 11 is 0. The molecule has 4 rings (SSSR count). The van der Waals surface area contributed by atoms with Crippen LogP contribution in [-0.2, 0) is 6.54 Å². The van der Waals surface area contributed by atoms with E-state index in [0.29, 0.717) is 23.8 Å². The zero-order valence-electron chi connectivity index (χ0n) is 17.1. The lowest BCUT2D eigenvalue weighted by Gasteiger charge is -2.16. The second-order valence-corrected chi connectivity index (χ2v) is 7.84. The first-order chi connectivity index (χ1) is 14.3. The summed E-state index contributed by atoms with van der Waals surface area (Å²) in [5, 5.41) is 19.5. The summed E-state index contributed by atoms with van der Waals surface area (Å²) in [5.74, 6) is 0.672. The van der Waals surface area contributed by atoms with Crippen LogP contribution in [0.2, 0.25) is 0 Å². The van der Waals surface area contributed by atoms with Gasteiger partial charge in [-0.1, -0.05) is 12.1 Å². The Kier molecular flexibility index (Phi) is 5.13. The van der Waals surface area contributed by atoms with Crippen molar-refractivity contribution in [2.24, 2.45) is 0 Å². The summed E-state index contributed by atoms with van der Waals surface area (Å²) in [5.41, 5.74) is 1.78. The van der Waals surface area contributed by atoms with E-state index in [1.807, 2.05) is 24.4 Å². The zero-order valence-corrected chi connectivity index (χ0v) is 17.1. The monoisotopic (exact) mass is 406 g/mol. The molecule has 0 aliphatic heterocycles. The van der Waals surface area contributed by atoms with Gasteiger partial charge >= 0.3 is 0 Å². The molecule has 0 saturated carbocycles. The van der Waals surface area contributed by atoms with Gasteiger partial charge in [0, 0.05) is 29.4 Å². The molecule has 30 heavy (non-hydrogen) atoms. The van der Waals surface area contributed by atoms with Crippen LogP contribution in [0.4, 0.5) is 15.9 Å². The first-order valence-corrected chi connectivity index (χ1v) is 9.56. The van der Waals surface area contributed by atoms with E-state index in [4.69, 9.17) is 4.74 Å². The molecule has 0 aliphatic carbocycles. The highest BCUT2D eigenvalue weighted by Crippen LogP contribution is 2.30. The third-order valence-electron chi connectivity index (χ3n) is 4.66. The molecule has 2 aromatic heterocycles. The first-order valence-electron chi connectivity index (χ1n) is 9.56. The van der Waals surface area contributed by atoms with Gasteiger partial charge in [-0.05, 0) is 49.1 Å². The number of nitrogens with zero attached hydrogens (tertiary/aromatic N) is 3. The summed E-state index contributed by atoms with van der Waals surface area (Å²) < 4.78 is 20.4. The van der Waals surface area contributed by atoms with Crippen molar-refractivity contribution in [2.75, 3.05) is 12.4 Å². The van der Waals surface area contributed by atoms with E-state index in [0.717, 1.165) is 21.9 Å². The molecule has 6 nitrogen and oxygen atoms in total. The highest BCUT2D eigenvalue weighted by molar-refractivity contribution is 5.89. The molecule has 0 bridgehead atoms. The van der Waals surface area contributed by atoms with Crippen LogP contribution in [0.15, 0.2) is 61.1 Å². The number of halogens is 1. The molecule has 0 radical (unpaired) electrons. The third kappa shape index (κ3) is 4.41. The Morgan fingerprint density at radius 2 is 1.90 bits per heavy atom. The van der Waals surface area contributed by atoms with Gasteiger partial charge in [0.05, 0.1) is 31.1 Å². The number of aliphatic hydroxyl groups is 1. The highest BCUT2D eigenvalue weighted by atomic mass is 19.1. The maximum Gasteiger partial charge on any atom is 0.145 e. The number of hydrogen-bond acceptors (Lipinski definition) is 5. The SMILES string of the molecule is COc1cc(F)ccc1Nc1cc2cc(-c3cnn(CC(C)(C)O)c3)ccc2cn1. The Morgan fingerprint density at radius 1 is 1.07 bits per heavy atom. The Balaban J connectivity index is 1.63. The van der Waals surface area contributed by atoms with Crippen molar-refractivity contribution >= 4 is 22.3 Å². The number of hydrogen-bond donors (Lipinski definition) is 2. The molecule has 2 N–H and O–H groups in total. The molecule has 2 aromatic carbocycles. The van der Waals surface area contributed by atoms with Gasteiger partial charge in [-0.25, -0.2) is 9.37 Å². The van der Waals surface area contributed by atoms with Gasteiger partial charge in [0.25, 0.3) is 0 Å². The van der Waals surface area contributed by atoms with Crippen molar-refractivity contribution in [3.8, 4) is 16.9 Å². The summed E-state index contributed by atoms with van der Waals surface area (Å²) in [7, 11) is 1.50. The van der Waals surface area contributed by atoms with Crippen molar-refractivity contribution in [3.05, 3.63) is 66.9 Å². The van der Waals surface area contributed by atoms with Crippen molar-refractivity contribution in [2.45, 2.75) is 26.0 Å². The van der Waals surface area contributed by atoms with E-state index < -0.39 is 5.60 Å². The number of ether oxygens (including phenoxy) is 1. The number of pyridine rings is 1. The van der Waals surface area contributed by atoms with Crippen molar-refractivity contribution < 1.29 is 14.2 Å². The topological polar surface area (TPSA) is 72.2 Å². The molecule has 0 fully saturated rings. The van der Waals surface area contributed by atoms with E-state index in [1.165, 1.54) is 19.2 Å². The van der Waals surface area contributed by atoms with Crippen molar-refractivity contribution in [3.63, 3.8) is 0 Å². The molecule has 0 aliphatic rings. The molecule has 7 heteroatoms. The van der Waals surface area contributed by atoms with E-state index in [2.05, 4.69) is 21.5 Å². The fourth-order valence-electron chi connectivity index (χ4n) is 3.29. The fraction of sp³-hybridized carbons (Fsp3) is 0.217. The molecular weight excluding hydrogens is 383 g/mol. The predicted octanol–water partition coefficient (Wildman–Crippen LogP) is 4.76. The second-order valence-electron chi connectivity index (χ2n) is 7.84. The van der Waals surface area contributed by atoms with E-state index in [9.17, 15) is 9.50 Å². The summed E-state index contributed by atoms with van der Waals surface area (Å²) in [6.45, 7) is 3.92. The van der Waals surface area contributed by atoms with Gasteiger partial charge in [0.2, 0.25) is 0 Å². The zero-order chi connectivity index (χ0) is 21.3. The van der Waals surface area contributed by atoms with Gasteiger partial charge in [0.1, 0.15) is 17.4 Å². The molecule has 0 spiro atoms. The van der Waals surface area contributed by atoms with E-state index in [1.54, 1.807) is 37.0 Å². The van der Waals surface area contributed by atoms with Gasteiger partial charge in [0.15, 0.2) is 0 Å². The van der Waals surface area contributed by atoms with Gasteiger partial charge in [-0.15, -0.1) is 0 Å². The summed E-state index contributed by atoms with van der Waals surface area (Å²) in [6, 6.07) is 12.3. The summed E-state index contributed by atoms with van der Waals surface area (Å²) in [6.07, 6.45) is 5.49. The van der Waals surface area contributed by atoms with Crippen molar-refractivity contribution in [1.29, 1.82) is 0 Å². The van der Waals surface area contributed by atoms with Crippen LogP contribution >= 0.6 is 0 Å². The van der Waals surface area contributed by atoms with Crippen LogP contribution in [0.5, 0.6) is 5.75 Å². The average molecular weight is 406 g/mol. The molecule has 0 atom stereocenters. The lowest BCUT2D eigenvalue weighted by molar-refractivity contribution is 0.0577. The van der Waals surface area contributed by atoms with Crippen molar-refractivity contribution in [1.82, 2.24) is 14.8 Å². The number of rotatable bonds is 6. The summed E-state index contributed by atoms with van der Waals surface area (Å²) in [4.78, 5) is 4.44. The van der Waals surface area contributed by atoms with Gasteiger partial charge < -0.3 is 15.2 Å². The molecule has 4 aromatic rings. The number of methoxy groups -OCH3 is 1. The quantitative estimate of drug-likeness (QED) is 0.483.